The van der Waals surface area contributed by atoms with Crippen molar-refractivity contribution in [3.8, 4) is 0 Å². The van der Waals surface area contributed by atoms with Crippen molar-refractivity contribution >= 4 is 5.78 Å². The highest BCUT2D eigenvalue weighted by Gasteiger charge is 2.20. The van der Waals surface area contributed by atoms with E-state index in [1.54, 1.807) is 12.1 Å². The van der Waals surface area contributed by atoms with Gasteiger partial charge in [-0.05, 0) is 36.5 Å². The van der Waals surface area contributed by atoms with Gasteiger partial charge >= 0.3 is 0 Å². The van der Waals surface area contributed by atoms with Crippen molar-refractivity contribution in [3.63, 3.8) is 0 Å². The van der Waals surface area contributed by atoms with Crippen molar-refractivity contribution in [3.05, 3.63) is 35.6 Å². The Balaban J connectivity index is 2.14. The van der Waals surface area contributed by atoms with Crippen LogP contribution in [0.2, 0.25) is 0 Å². The van der Waals surface area contributed by atoms with E-state index in [1.165, 1.54) is 12.1 Å². The molecule has 74 valence electrons. The second-order valence-electron chi connectivity index (χ2n) is 3.88. The highest BCUT2D eigenvalue weighted by Crippen LogP contribution is 2.30. The van der Waals surface area contributed by atoms with E-state index in [2.05, 4.69) is 0 Å². The third kappa shape index (κ3) is 2.00. The summed E-state index contributed by atoms with van der Waals surface area (Å²) >= 11 is 0. The standard InChI is InChI=1S/C12H13FO/c13-11-6-4-9(5-7-11)10-2-1-3-12(14)8-10/h4-7,10H,1-3,8H2/t10-/m1/s1. The van der Waals surface area contributed by atoms with Crippen molar-refractivity contribution in [1.29, 1.82) is 0 Å². The van der Waals surface area contributed by atoms with Gasteiger partial charge in [-0.25, -0.2) is 4.39 Å². The molecule has 0 aromatic heterocycles. The lowest BCUT2D eigenvalue weighted by Crippen LogP contribution is -2.13. The average Bonchev–Trinajstić information content (AvgIpc) is 2.19. The fourth-order valence-corrected chi connectivity index (χ4v) is 2.04. The molecule has 1 saturated carbocycles. The number of ketones is 1. The van der Waals surface area contributed by atoms with Crippen LogP contribution in [-0.4, -0.2) is 5.78 Å². The fourth-order valence-electron chi connectivity index (χ4n) is 2.04. The summed E-state index contributed by atoms with van der Waals surface area (Å²) in [7, 11) is 0. The molecule has 14 heavy (non-hydrogen) atoms. The van der Waals surface area contributed by atoms with Gasteiger partial charge in [-0.15, -0.1) is 0 Å². The second-order valence-corrected chi connectivity index (χ2v) is 3.88. The normalized spacial score (nSPS) is 22.4. The molecule has 1 aliphatic rings. The first-order chi connectivity index (χ1) is 6.75. The van der Waals surface area contributed by atoms with E-state index >= 15 is 0 Å². The summed E-state index contributed by atoms with van der Waals surface area (Å²) in [6.45, 7) is 0. The molecule has 0 radical (unpaired) electrons. The van der Waals surface area contributed by atoms with Gasteiger partial charge in [0.25, 0.3) is 0 Å². The molecule has 0 bridgehead atoms. The molecule has 1 nitrogen and oxygen atoms in total. The Bertz CT molecular complexity index is 329. The maximum Gasteiger partial charge on any atom is 0.133 e. The number of rotatable bonds is 1. The number of hydrogen-bond donors (Lipinski definition) is 0. The Hall–Kier alpha value is -1.18. The van der Waals surface area contributed by atoms with Crippen LogP contribution in [0.15, 0.2) is 24.3 Å². The summed E-state index contributed by atoms with van der Waals surface area (Å²) in [6.07, 6.45) is 3.38. The molecule has 0 aliphatic heterocycles. The molecule has 1 aromatic rings. The molecule has 2 rings (SSSR count). The van der Waals surface area contributed by atoms with E-state index in [1.807, 2.05) is 0 Å². The van der Waals surface area contributed by atoms with E-state index in [4.69, 9.17) is 0 Å². The van der Waals surface area contributed by atoms with Crippen LogP contribution in [-0.2, 0) is 4.79 Å². The van der Waals surface area contributed by atoms with E-state index < -0.39 is 0 Å². The molecule has 1 atom stereocenters. The van der Waals surface area contributed by atoms with E-state index in [9.17, 15) is 9.18 Å². The quantitative estimate of drug-likeness (QED) is 0.668. The summed E-state index contributed by atoms with van der Waals surface area (Å²) in [5.41, 5.74) is 1.10. The van der Waals surface area contributed by atoms with Gasteiger partial charge in [-0.1, -0.05) is 12.1 Å². The zero-order chi connectivity index (χ0) is 9.97. The first-order valence-corrected chi connectivity index (χ1v) is 5.03. The number of benzene rings is 1. The van der Waals surface area contributed by atoms with Crippen molar-refractivity contribution in [2.75, 3.05) is 0 Å². The Morgan fingerprint density at radius 2 is 1.93 bits per heavy atom. The fraction of sp³-hybridized carbons (Fsp3) is 0.417. The smallest absolute Gasteiger partial charge is 0.133 e. The van der Waals surface area contributed by atoms with Crippen LogP contribution < -0.4 is 0 Å². The first-order valence-electron chi connectivity index (χ1n) is 5.03. The van der Waals surface area contributed by atoms with Crippen LogP contribution in [0.1, 0.15) is 37.2 Å². The Morgan fingerprint density at radius 1 is 1.21 bits per heavy atom. The Labute approximate surface area is 82.9 Å². The minimum atomic E-state index is -0.212. The molecule has 0 heterocycles. The number of halogens is 1. The Morgan fingerprint density at radius 3 is 2.57 bits per heavy atom. The second kappa shape index (κ2) is 3.91. The summed E-state index contributed by atoms with van der Waals surface area (Å²) in [4.78, 5) is 11.2. The monoisotopic (exact) mass is 192 g/mol. The highest BCUT2D eigenvalue weighted by atomic mass is 19.1. The van der Waals surface area contributed by atoms with Crippen LogP contribution in [0.4, 0.5) is 4.39 Å². The predicted molar refractivity (Wildman–Crippen MR) is 52.6 cm³/mol. The number of Topliss-reactive ketones (excluding diaryl/α,β-unsaturated/α-hetero) is 1. The zero-order valence-corrected chi connectivity index (χ0v) is 8.00. The van der Waals surface area contributed by atoms with Crippen LogP contribution in [0.3, 0.4) is 0 Å². The third-order valence-electron chi connectivity index (χ3n) is 2.82. The maximum absolute atomic E-state index is 12.7. The third-order valence-corrected chi connectivity index (χ3v) is 2.82. The molecule has 0 N–H and O–H groups in total. The number of carbonyl (C=O) groups is 1. The van der Waals surface area contributed by atoms with Gasteiger partial charge in [0.15, 0.2) is 0 Å². The highest BCUT2D eigenvalue weighted by molar-refractivity contribution is 5.80. The molecule has 0 saturated heterocycles. The van der Waals surface area contributed by atoms with Crippen molar-refractivity contribution in [2.24, 2.45) is 0 Å². The summed E-state index contributed by atoms with van der Waals surface area (Å²) in [5, 5.41) is 0. The van der Waals surface area contributed by atoms with Crippen LogP contribution >= 0.6 is 0 Å². The lowest BCUT2D eigenvalue weighted by Gasteiger charge is -2.20. The van der Waals surface area contributed by atoms with Gasteiger partial charge in [-0.3, -0.25) is 4.79 Å². The van der Waals surface area contributed by atoms with E-state index in [0.717, 1.165) is 24.8 Å². The summed E-state index contributed by atoms with van der Waals surface area (Å²) in [6, 6.07) is 6.51. The van der Waals surface area contributed by atoms with Crippen molar-refractivity contribution < 1.29 is 9.18 Å². The molecular weight excluding hydrogens is 179 g/mol. The first kappa shape index (κ1) is 9.38. The van der Waals surface area contributed by atoms with E-state index in [0.29, 0.717) is 18.1 Å². The molecule has 0 unspecified atom stereocenters. The molecule has 1 aliphatic carbocycles. The molecule has 1 aromatic carbocycles. The molecule has 1 fully saturated rings. The van der Waals surface area contributed by atoms with Crippen LogP contribution in [0.5, 0.6) is 0 Å². The van der Waals surface area contributed by atoms with Crippen molar-refractivity contribution in [1.82, 2.24) is 0 Å². The lowest BCUT2D eigenvalue weighted by molar-refractivity contribution is -0.120. The summed E-state index contributed by atoms with van der Waals surface area (Å²) < 4.78 is 12.7. The van der Waals surface area contributed by atoms with Gasteiger partial charge in [0, 0.05) is 12.8 Å². The molecule has 2 heteroatoms. The zero-order valence-electron chi connectivity index (χ0n) is 8.00. The summed E-state index contributed by atoms with van der Waals surface area (Å²) in [5.74, 6) is 0.443. The maximum atomic E-state index is 12.7. The van der Waals surface area contributed by atoms with Gasteiger partial charge in [0.1, 0.15) is 11.6 Å². The minimum absolute atomic E-state index is 0.212. The molecular formula is C12H13FO. The number of carbonyl (C=O) groups excluding carboxylic acids is 1. The largest absolute Gasteiger partial charge is 0.300 e. The molecule has 0 amide bonds. The number of hydrogen-bond acceptors (Lipinski definition) is 1. The van der Waals surface area contributed by atoms with Crippen LogP contribution in [0, 0.1) is 5.82 Å². The van der Waals surface area contributed by atoms with Crippen molar-refractivity contribution in [2.45, 2.75) is 31.6 Å². The van der Waals surface area contributed by atoms with Gasteiger partial charge in [0.05, 0.1) is 0 Å². The van der Waals surface area contributed by atoms with E-state index in [-0.39, 0.29) is 5.82 Å². The van der Waals surface area contributed by atoms with Gasteiger partial charge in [0.2, 0.25) is 0 Å². The predicted octanol–water partition coefficient (Wildman–Crippen LogP) is 3.05. The Kier molecular flexibility index (Phi) is 2.62. The minimum Gasteiger partial charge on any atom is -0.300 e. The topological polar surface area (TPSA) is 17.1 Å². The average molecular weight is 192 g/mol. The molecule has 0 spiro atoms. The SMILES string of the molecule is O=C1CCC[C@@H](c2ccc(F)cc2)C1. The lowest BCUT2D eigenvalue weighted by atomic mass is 9.83. The van der Waals surface area contributed by atoms with Gasteiger partial charge < -0.3 is 0 Å². The van der Waals surface area contributed by atoms with Crippen LogP contribution in [0.25, 0.3) is 0 Å². The van der Waals surface area contributed by atoms with Gasteiger partial charge in [-0.2, -0.15) is 0 Å².